The van der Waals surface area contributed by atoms with Crippen LogP contribution < -0.4 is 5.32 Å². The van der Waals surface area contributed by atoms with Crippen LogP contribution >= 0.6 is 11.6 Å². The summed E-state index contributed by atoms with van der Waals surface area (Å²) in [6.45, 7) is -0.230. The predicted octanol–water partition coefficient (Wildman–Crippen LogP) is 1.73. The van der Waals surface area contributed by atoms with E-state index in [9.17, 15) is 4.79 Å². The van der Waals surface area contributed by atoms with Crippen LogP contribution in [0.5, 0.6) is 0 Å². The minimum atomic E-state index is -0.361. The van der Waals surface area contributed by atoms with E-state index in [0.29, 0.717) is 21.8 Å². The third kappa shape index (κ3) is 3.54. The van der Waals surface area contributed by atoms with Gasteiger partial charge in [0.2, 0.25) is 0 Å². The van der Waals surface area contributed by atoms with Gasteiger partial charge in [-0.1, -0.05) is 23.4 Å². The molecule has 1 heterocycles. The van der Waals surface area contributed by atoms with Gasteiger partial charge in [-0.05, 0) is 18.2 Å². The SMILES string of the molecule is O=C(Nc1cc(C#CCO)ccc1Cl)c1cncnc1. The number of amides is 1. The van der Waals surface area contributed by atoms with Crippen LogP contribution in [0.4, 0.5) is 5.69 Å². The van der Waals surface area contributed by atoms with Gasteiger partial charge in [0.05, 0.1) is 16.3 Å². The van der Waals surface area contributed by atoms with Gasteiger partial charge in [0.1, 0.15) is 12.9 Å². The second kappa shape index (κ2) is 6.66. The number of hydrogen-bond acceptors (Lipinski definition) is 4. The van der Waals surface area contributed by atoms with Gasteiger partial charge in [-0.15, -0.1) is 0 Å². The van der Waals surface area contributed by atoms with Crippen molar-refractivity contribution in [3.63, 3.8) is 0 Å². The van der Waals surface area contributed by atoms with Gasteiger partial charge in [0.25, 0.3) is 5.91 Å². The zero-order valence-electron chi connectivity index (χ0n) is 10.3. The zero-order chi connectivity index (χ0) is 14.4. The number of carbonyl (C=O) groups excluding carboxylic acids is 1. The molecule has 0 fully saturated rings. The smallest absolute Gasteiger partial charge is 0.258 e. The first kappa shape index (κ1) is 14.0. The fraction of sp³-hybridized carbons (Fsp3) is 0.0714. The van der Waals surface area contributed by atoms with E-state index in [-0.39, 0.29) is 12.5 Å². The number of halogens is 1. The van der Waals surface area contributed by atoms with Crippen molar-refractivity contribution in [2.45, 2.75) is 0 Å². The van der Waals surface area contributed by atoms with Crippen molar-refractivity contribution >= 4 is 23.2 Å². The third-order valence-electron chi connectivity index (χ3n) is 2.35. The minimum absolute atomic E-state index is 0.230. The summed E-state index contributed by atoms with van der Waals surface area (Å²) >= 11 is 6.02. The van der Waals surface area contributed by atoms with Crippen molar-refractivity contribution in [1.82, 2.24) is 9.97 Å². The fourth-order valence-electron chi connectivity index (χ4n) is 1.45. The van der Waals surface area contributed by atoms with Gasteiger partial charge in [0.15, 0.2) is 0 Å². The van der Waals surface area contributed by atoms with E-state index in [2.05, 4.69) is 27.1 Å². The second-order valence-electron chi connectivity index (χ2n) is 3.74. The molecule has 0 atom stereocenters. The van der Waals surface area contributed by atoms with Crippen molar-refractivity contribution < 1.29 is 9.90 Å². The second-order valence-corrected chi connectivity index (χ2v) is 4.14. The van der Waals surface area contributed by atoms with Crippen LogP contribution in [-0.2, 0) is 0 Å². The Morgan fingerprint density at radius 3 is 2.80 bits per heavy atom. The molecular formula is C14H10ClN3O2. The van der Waals surface area contributed by atoms with Gasteiger partial charge in [-0.25, -0.2) is 9.97 Å². The molecule has 6 heteroatoms. The molecule has 1 aromatic heterocycles. The molecule has 0 aliphatic heterocycles. The van der Waals surface area contributed by atoms with Crippen LogP contribution in [-0.4, -0.2) is 27.6 Å². The number of aliphatic hydroxyl groups is 1. The summed E-state index contributed by atoms with van der Waals surface area (Å²) in [4.78, 5) is 19.5. The average Bonchev–Trinajstić information content (AvgIpc) is 2.49. The maximum atomic E-state index is 12.0. The molecule has 1 aromatic carbocycles. The summed E-state index contributed by atoms with van der Waals surface area (Å²) in [6.07, 6.45) is 4.16. The van der Waals surface area contributed by atoms with Crippen molar-refractivity contribution in [2.75, 3.05) is 11.9 Å². The first-order valence-corrected chi connectivity index (χ1v) is 6.04. The Bertz CT molecular complexity index is 678. The predicted molar refractivity (Wildman–Crippen MR) is 75.4 cm³/mol. The number of benzene rings is 1. The highest BCUT2D eigenvalue weighted by molar-refractivity contribution is 6.34. The van der Waals surface area contributed by atoms with Crippen LogP contribution in [0.3, 0.4) is 0 Å². The monoisotopic (exact) mass is 287 g/mol. The summed E-state index contributed by atoms with van der Waals surface area (Å²) in [5, 5.41) is 11.7. The standard InChI is InChI=1S/C14H10ClN3O2/c15-12-4-3-10(2-1-5-19)6-13(12)18-14(20)11-7-16-9-17-8-11/h3-4,6-9,19H,5H2,(H,18,20). The van der Waals surface area contributed by atoms with Crippen LogP contribution in [0.2, 0.25) is 5.02 Å². The largest absolute Gasteiger partial charge is 0.384 e. The molecule has 20 heavy (non-hydrogen) atoms. The number of anilines is 1. The Morgan fingerprint density at radius 2 is 2.10 bits per heavy atom. The third-order valence-corrected chi connectivity index (χ3v) is 2.68. The molecule has 0 unspecified atom stereocenters. The van der Waals surface area contributed by atoms with E-state index < -0.39 is 0 Å². The Labute approximate surface area is 120 Å². The van der Waals surface area contributed by atoms with Crippen LogP contribution in [0, 0.1) is 11.8 Å². The molecule has 5 nitrogen and oxygen atoms in total. The van der Waals surface area contributed by atoms with Gasteiger partial charge < -0.3 is 10.4 Å². The summed E-state index contributed by atoms with van der Waals surface area (Å²) in [5.41, 5.74) is 1.41. The Balaban J connectivity index is 2.22. The molecular weight excluding hydrogens is 278 g/mol. The van der Waals surface area contributed by atoms with Gasteiger partial charge in [-0.3, -0.25) is 4.79 Å². The first-order chi connectivity index (χ1) is 9.70. The first-order valence-electron chi connectivity index (χ1n) is 5.66. The summed E-state index contributed by atoms with van der Waals surface area (Å²) in [7, 11) is 0. The van der Waals surface area contributed by atoms with Crippen LogP contribution in [0.15, 0.2) is 36.9 Å². The zero-order valence-corrected chi connectivity index (χ0v) is 11.1. The Kier molecular flexibility index (Phi) is 4.66. The molecule has 0 spiro atoms. The maximum Gasteiger partial charge on any atom is 0.258 e. The van der Waals surface area contributed by atoms with Gasteiger partial charge in [-0.2, -0.15) is 0 Å². The van der Waals surface area contributed by atoms with E-state index in [1.54, 1.807) is 18.2 Å². The molecule has 0 aliphatic carbocycles. The van der Waals surface area contributed by atoms with Crippen molar-refractivity contribution in [1.29, 1.82) is 0 Å². The Hall–Kier alpha value is -2.42. The highest BCUT2D eigenvalue weighted by atomic mass is 35.5. The molecule has 2 aromatic rings. The number of aromatic nitrogens is 2. The van der Waals surface area contributed by atoms with Crippen LogP contribution in [0.1, 0.15) is 15.9 Å². The lowest BCUT2D eigenvalue weighted by atomic mass is 10.2. The number of aliphatic hydroxyl groups excluding tert-OH is 1. The molecule has 0 saturated heterocycles. The van der Waals surface area contributed by atoms with Gasteiger partial charge in [0, 0.05) is 18.0 Å². The lowest BCUT2D eigenvalue weighted by molar-refractivity contribution is 0.102. The minimum Gasteiger partial charge on any atom is -0.384 e. The van der Waals surface area contributed by atoms with Crippen molar-refractivity contribution in [3.8, 4) is 11.8 Å². The number of nitrogens with one attached hydrogen (secondary N) is 1. The number of hydrogen-bond donors (Lipinski definition) is 2. The fourth-order valence-corrected chi connectivity index (χ4v) is 1.62. The quantitative estimate of drug-likeness (QED) is 0.825. The van der Waals surface area contributed by atoms with Gasteiger partial charge >= 0.3 is 0 Å². The topological polar surface area (TPSA) is 75.1 Å². The van der Waals surface area contributed by atoms with Crippen LogP contribution in [0.25, 0.3) is 0 Å². The molecule has 2 N–H and O–H groups in total. The van der Waals surface area contributed by atoms with E-state index >= 15 is 0 Å². The number of rotatable bonds is 2. The number of nitrogens with zero attached hydrogens (tertiary/aromatic N) is 2. The molecule has 0 saturated carbocycles. The molecule has 2 rings (SSSR count). The molecule has 0 radical (unpaired) electrons. The lowest BCUT2D eigenvalue weighted by Gasteiger charge is -2.07. The van der Waals surface area contributed by atoms with E-state index in [4.69, 9.17) is 16.7 Å². The molecule has 100 valence electrons. The number of carbonyl (C=O) groups is 1. The average molecular weight is 288 g/mol. The summed E-state index contributed by atoms with van der Waals surface area (Å²) < 4.78 is 0. The molecule has 1 amide bonds. The maximum absolute atomic E-state index is 12.0. The normalized spacial score (nSPS) is 9.50. The van der Waals surface area contributed by atoms with Crippen molar-refractivity contribution in [3.05, 3.63) is 53.1 Å². The van der Waals surface area contributed by atoms with E-state index in [1.807, 2.05) is 0 Å². The highest BCUT2D eigenvalue weighted by Crippen LogP contribution is 2.23. The van der Waals surface area contributed by atoms with Crippen molar-refractivity contribution in [2.24, 2.45) is 0 Å². The summed E-state index contributed by atoms with van der Waals surface area (Å²) in [6, 6.07) is 4.96. The van der Waals surface area contributed by atoms with E-state index in [0.717, 1.165) is 0 Å². The lowest BCUT2D eigenvalue weighted by Crippen LogP contribution is -2.12. The van der Waals surface area contributed by atoms with E-state index in [1.165, 1.54) is 18.7 Å². The Morgan fingerprint density at radius 1 is 1.35 bits per heavy atom. The molecule has 0 bridgehead atoms. The highest BCUT2D eigenvalue weighted by Gasteiger charge is 2.09. The summed E-state index contributed by atoms with van der Waals surface area (Å²) in [5.74, 6) is 4.90. The molecule has 0 aliphatic rings.